The van der Waals surface area contributed by atoms with Gasteiger partial charge in [-0.25, -0.2) is 4.98 Å². The molecule has 0 aliphatic carbocycles. The van der Waals surface area contributed by atoms with Gasteiger partial charge in [0.1, 0.15) is 5.82 Å². The van der Waals surface area contributed by atoms with E-state index in [2.05, 4.69) is 50.7 Å². The van der Waals surface area contributed by atoms with Crippen molar-refractivity contribution in [3.63, 3.8) is 0 Å². The molecule has 1 aromatic carbocycles. The van der Waals surface area contributed by atoms with Gasteiger partial charge in [-0.05, 0) is 31.5 Å². The second-order valence-corrected chi connectivity index (χ2v) is 4.80. The predicted molar refractivity (Wildman–Crippen MR) is 82.6 cm³/mol. The molecule has 0 fully saturated rings. The van der Waals surface area contributed by atoms with Crippen molar-refractivity contribution in [3.05, 3.63) is 41.7 Å². The van der Waals surface area contributed by atoms with Crippen molar-refractivity contribution in [2.75, 3.05) is 17.7 Å². The molecule has 0 saturated carbocycles. The van der Waals surface area contributed by atoms with Crippen LogP contribution < -0.4 is 10.6 Å². The topological polar surface area (TPSA) is 65.6 Å². The first-order valence-corrected chi connectivity index (χ1v) is 6.54. The first-order valence-electron chi connectivity index (χ1n) is 6.54. The van der Waals surface area contributed by atoms with Gasteiger partial charge in [-0.3, -0.25) is 0 Å². The molecule has 0 spiro atoms. The summed E-state index contributed by atoms with van der Waals surface area (Å²) in [5.74, 6) is 1.42. The molecule has 20 heavy (non-hydrogen) atoms. The summed E-state index contributed by atoms with van der Waals surface area (Å²) in [6.45, 7) is 4.09. The summed E-state index contributed by atoms with van der Waals surface area (Å²) in [4.78, 5) is 11.9. The molecule has 0 bridgehead atoms. The summed E-state index contributed by atoms with van der Waals surface area (Å²) in [6.07, 6.45) is 3.76. The van der Waals surface area contributed by atoms with Crippen LogP contribution in [-0.2, 0) is 0 Å². The normalized spacial score (nSPS) is 10.8. The maximum absolute atomic E-state index is 4.46. The molecule has 0 unspecified atom stereocenters. The minimum absolute atomic E-state index is 0.607. The Morgan fingerprint density at radius 1 is 1.10 bits per heavy atom. The SMILES string of the molecule is CNc1ncc(C)c(Nc2ccc(C)c3[nH]ccc23)n1. The fraction of sp³-hybridized carbons (Fsp3) is 0.200. The van der Waals surface area contributed by atoms with Crippen LogP contribution in [0.3, 0.4) is 0 Å². The summed E-state index contributed by atoms with van der Waals surface area (Å²) in [5.41, 5.74) is 4.42. The zero-order chi connectivity index (χ0) is 14.1. The van der Waals surface area contributed by atoms with Crippen molar-refractivity contribution >= 4 is 28.4 Å². The van der Waals surface area contributed by atoms with Crippen LogP contribution in [-0.4, -0.2) is 22.0 Å². The molecule has 2 heterocycles. The van der Waals surface area contributed by atoms with Gasteiger partial charge in [0.15, 0.2) is 0 Å². The van der Waals surface area contributed by atoms with E-state index in [9.17, 15) is 0 Å². The van der Waals surface area contributed by atoms with Crippen molar-refractivity contribution < 1.29 is 0 Å². The number of rotatable bonds is 3. The number of hydrogen-bond donors (Lipinski definition) is 3. The Morgan fingerprint density at radius 2 is 1.95 bits per heavy atom. The van der Waals surface area contributed by atoms with Crippen LogP contribution in [0.1, 0.15) is 11.1 Å². The van der Waals surface area contributed by atoms with Crippen LogP contribution >= 0.6 is 0 Å². The third-order valence-electron chi connectivity index (χ3n) is 3.38. The van der Waals surface area contributed by atoms with Crippen LogP contribution in [0, 0.1) is 13.8 Å². The quantitative estimate of drug-likeness (QED) is 0.680. The lowest BCUT2D eigenvalue weighted by molar-refractivity contribution is 1.12. The van der Waals surface area contributed by atoms with E-state index in [-0.39, 0.29) is 0 Å². The smallest absolute Gasteiger partial charge is 0.224 e. The Labute approximate surface area is 117 Å². The van der Waals surface area contributed by atoms with Crippen LogP contribution in [0.2, 0.25) is 0 Å². The van der Waals surface area contributed by atoms with Crippen LogP contribution in [0.5, 0.6) is 0 Å². The van der Waals surface area contributed by atoms with E-state index in [0.717, 1.165) is 28.0 Å². The molecule has 3 aromatic rings. The van der Waals surface area contributed by atoms with Crippen molar-refractivity contribution in [1.29, 1.82) is 0 Å². The first-order chi connectivity index (χ1) is 9.69. The summed E-state index contributed by atoms with van der Waals surface area (Å²) in [5, 5.41) is 7.51. The molecule has 0 atom stereocenters. The molecule has 3 N–H and O–H groups in total. The van der Waals surface area contributed by atoms with Crippen molar-refractivity contribution in [3.8, 4) is 0 Å². The summed E-state index contributed by atoms with van der Waals surface area (Å²) in [7, 11) is 1.81. The Morgan fingerprint density at radius 3 is 2.75 bits per heavy atom. The molecule has 0 aliphatic rings. The highest BCUT2D eigenvalue weighted by atomic mass is 15.1. The molecule has 5 nitrogen and oxygen atoms in total. The Bertz CT molecular complexity index is 760. The highest BCUT2D eigenvalue weighted by molar-refractivity contribution is 5.95. The monoisotopic (exact) mass is 267 g/mol. The van der Waals surface area contributed by atoms with Crippen LogP contribution in [0.15, 0.2) is 30.6 Å². The standard InChI is InChI=1S/C15H17N5/c1-9-4-5-12(11-6-7-17-13(9)11)19-14-10(2)8-18-15(16-3)20-14/h4-8,17H,1-3H3,(H2,16,18,19,20). The number of hydrogen-bond acceptors (Lipinski definition) is 4. The van der Waals surface area contributed by atoms with Crippen molar-refractivity contribution in [2.24, 2.45) is 0 Å². The third kappa shape index (κ3) is 2.07. The molecule has 5 heteroatoms. The number of aromatic amines is 1. The third-order valence-corrected chi connectivity index (χ3v) is 3.38. The van der Waals surface area contributed by atoms with Gasteiger partial charge in [0.2, 0.25) is 5.95 Å². The summed E-state index contributed by atoms with van der Waals surface area (Å²) < 4.78 is 0. The van der Waals surface area contributed by atoms with E-state index in [0.29, 0.717) is 5.95 Å². The van der Waals surface area contributed by atoms with Gasteiger partial charge in [0, 0.05) is 36.1 Å². The van der Waals surface area contributed by atoms with Crippen LogP contribution in [0.25, 0.3) is 10.9 Å². The van der Waals surface area contributed by atoms with E-state index in [1.54, 1.807) is 0 Å². The number of aryl methyl sites for hydroxylation is 2. The van der Waals surface area contributed by atoms with Gasteiger partial charge in [-0.2, -0.15) is 4.98 Å². The summed E-state index contributed by atoms with van der Waals surface area (Å²) in [6, 6.07) is 6.24. The van der Waals surface area contributed by atoms with Gasteiger partial charge in [-0.1, -0.05) is 6.07 Å². The Balaban J connectivity index is 2.05. The molecule has 3 rings (SSSR count). The lowest BCUT2D eigenvalue weighted by Gasteiger charge is -2.11. The largest absolute Gasteiger partial charge is 0.361 e. The minimum atomic E-state index is 0.607. The van der Waals surface area contributed by atoms with Gasteiger partial charge in [-0.15, -0.1) is 0 Å². The fourth-order valence-electron chi connectivity index (χ4n) is 2.23. The number of nitrogens with zero attached hydrogens (tertiary/aromatic N) is 2. The van der Waals surface area contributed by atoms with Crippen molar-refractivity contribution in [2.45, 2.75) is 13.8 Å². The molecular formula is C15H17N5. The van der Waals surface area contributed by atoms with Gasteiger partial charge in [0.25, 0.3) is 0 Å². The number of anilines is 3. The lowest BCUT2D eigenvalue weighted by Crippen LogP contribution is -2.02. The van der Waals surface area contributed by atoms with Crippen LogP contribution in [0.4, 0.5) is 17.5 Å². The van der Waals surface area contributed by atoms with E-state index in [4.69, 9.17) is 0 Å². The van der Waals surface area contributed by atoms with E-state index in [1.165, 1.54) is 5.56 Å². The van der Waals surface area contributed by atoms with E-state index >= 15 is 0 Å². The van der Waals surface area contributed by atoms with Crippen molar-refractivity contribution in [1.82, 2.24) is 15.0 Å². The molecule has 2 aromatic heterocycles. The molecule has 0 radical (unpaired) electrons. The maximum atomic E-state index is 4.46. The Kier molecular flexibility index (Phi) is 3.02. The van der Waals surface area contributed by atoms with Gasteiger partial charge in [0.05, 0.1) is 5.52 Å². The number of H-pyrrole nitrogens is 1. The second kappa shape index (κ2) is 4.85. The summed E-state index contributed by atoms with van der Waals surface area (Å²) >= 11 is 0. The number of nitrogens with one attached hydrogen (secondary N) is 3. The molecule has 0 amide bonds. The maximum Gasteiger partial charge on any atom is 0.224 e. The van der Waals surface area contributed by atoms with Gasteiger partial charge < -0.3 is 15.6 Å². The molecular weight excluding hydrogens is 250 g/mol. The average Bonchev–Trinajstić information content (AvgIpc) is 2.94. The molecule has 0 aliphatic heterocycles. The zero-order valence-corrected chi connectivity index (χ0v) is 11.8. The number of aromatic nitrogens is 3. The van der Waals surface area contributed by atoms with E-state index < -0.39 is 0 Å². The second-order valence-electron chi connectivity index (χ2n) is 4.80. The highest BCUT2D eigenvalue weighted by Crippen LogP contribution is 2.28. The van der Waals surface area contributed by atoms with E-state index in [1.807, 2.05) is 26.4 Å². The zero-order valence-electron chi connectivity index (χ0n) is 11.8. The first kappa shape index (κ1) is 12.5. The lowest BCUT2D eigenvalue weighted by atomic mass is 10.1. The number of benzene rings is 1. The Hall–Kier alpha value is -2.56. The molecule has 102 valence electrons. The number of fused-ring (bicyclic) bond motifs is 1. The molecule has 0 saturated heterocycles. The minimum Gasteiger partial charge on any atom is -0.361 e. The highest BCUT2D eigenvalue weighted by Gasteiger charge is 2.08. The van der Waals surface area contributed by atoms with Gasteiger partial charge >= 0.3 is 0 Å². The average molecular weight is 267 g/mol. The predicted octanol–water partition coefficient (Wildman–Crippen LogP) is 3.36. The fourth-order valence-corrected chi connectivity index (χ4v) is 2.23.